The van der Waals surface area contributed by atoms with Gasteiger partial charge in [-0.25, -0.2) is 0 Å². The minimum absolute atomic E-state index is 0.0134. The highest BCUT2D eigenvalue weighted by Crippen LogP contribution is 2.22. The van der Waals surface area contributed by atoms with Crippen LogP contribution < -0.4 is 0 Å². The van der Waals surface area contributed by atoms with Crippen LogP contribution in [0.3, 0.4) is 0 Å². The Bertz CT molecular complexity index is 570. The predicted octanol–water partition coefficient (Wildman–Crippen LogP) is 3.21. The molecule has 2 aromatic rings. The van der Waals surface area contributed by atoms with Crippen molar-refractivity contribution >= 4 is 16.6 Å². The van der Waals surface area contributed by atoms with Crippen molar-refractivity contribution in [2.75, 3.05) is 0 Å². The van der Waals surface area contributed by atoms with Crippen molar-refractivity contribution in [3.63, 3.8) is 0 Å². The second-order valence-corrected chi connectivity index (χ2v) is 4.79. The Labute approximate surface area is 113 Å². The van der Waals surface area contributed by atoms with Crippen LogP contribution in [0.25, 0.3) is 10.8 Å². The molecule has 1 aromatic heterocycles. The number of aliphatic hydroxyl groups is 1. The lowest BCUT2D eigenvalue weighted by atomic mass is 9.89. The minimum Gasteiger partial charge on any atom is -0.385 e. The maximum absolute atomic E-state index is 12.4. The van der Waals surface area contributed by atoms with Crippen LogP contribution in [0, 0.1) is 5.92 Å². The summed E-state index contributed by atoms with van der Waals surface area (Å²) in [4.78, 5) is 16.5. The van der Waals surface area contributed by atoms with Crippen LogP contribution in [0.1, 0.15) is 37.0 Å². The van der Waals surface area contributed by atoms with Gasteiger partial charge in [-0.2, -0.15) is 0 Å². The van der Waals surface area contributed by atoms with Gasteiger partial charge < -0.3 is 5.11 Å². The van der Waals surface area contributed by atoms with E-state index in [0.29, 0.717) is 5.56 Å². The fourth-order valence-electron chi connectivity index (χ4n) is 2.44. The molecule has 1 N–H and O–H groups in total. The van der Waals surface area contributed by atoms with Gasteiger partial charge in [-0.05, 0) is 17.4 Å². The highest BCUT2D eigenvalue weighted by molar-refractivity contribution is 6.09. The quantitative estimate of drug-likeness (QED) is 0.837. The Kier molecular flexibility index (Phi) is 4.27. The smallest absolute Gasteiger partial charge is 0.192 e. The first-order chi connectivity index (χ1) is 9.19. The van der Waals surface area contributed by atoms with Gasteiger partial charge in [-0.15, -0.1) is 0 Å². The zero-order valence-corrected chi connectivity index (χ0v) is 11.3. The first-order valence-corrected chi connectivity index (χ1v) is 6.74. The van der Waals surface area contributed by atoms with E-state index < -0.39 is 6.10 Å². The third kappa shape index (κ3) is 2.66. The van der Waals surface area contributed by atoms with Crippen LogP contribution in [0.4, 0.5) is 0 Å². The molecule has 1 unspecified atom stereocenters. The summed E-state index contributed by atoms with van der Waals surface area (Å²) >= 11 is 0. The van der Waals surface area contributed by atoms with E-state index in [0.717, 1.165) is 23.6 Å². The Hall–Kier alpha value is -1.74. The number of rotatable bonds is 5. The van der Waals surface area contributed by atoms with Crippen molar-refractivity contribution in [1.82, 2.24) is 4.98 Å². The lowest BCUT2D eigenvalue weighted by Crippen LogP contribution is -2.29. The Morgan fingerprint density at radius 2 is 2.00 bits per heavy atom. The number of nitrogens with zero attached hydrogens (tertiary/aromatic N) is 1. The van der Waals surface area contributed by atoms with E-state index in [4.69, 9.17) is 0 Å². The Morgan fingerprint density at radius 1 is 1.26 bits per heavy atom. The van der Waals surface area contributed by atoms with Gasteiger partial charge in [-0.1, -0.05) is 44.9 Å². The van der Waals surface area contributed by atoms with E-state index >= 15 is 0 Å². The normalized spacial score (nSPS) is 12.8. The predicted molar refractivity (Wildman–Crippen MR) is 76.2 cm³/mol. The summed E-state index contributed by atoms with van der Waals surface area (Å²) in [5.74, 6) is -0.188. The lowest BCUT2D eigenvalue weighted by Gasteiger charge is -2.19. The molecule has 0 aliphatic rings. The van der Waals surface area contributed by atoms with Gasteiger partial charge in [0.15, 0.2) is 5.78 Å². The van der Waals surface area contributed by atoms with Crippen LogP contribution in [-0.4, -0.2) is 22.0 Å². The van der Waals surface area contributed by atoms with Crippen LogP contribution in [-0.2, 0) is 0 Å². The molecular weight excluding hydrogens is 238 g/mol. The number of ketones is 1. The Morgan fingerprint density at radius 3 is 2.68 bits per heavy atom. The summed E-state index contributed by atoms with van der Waals surface area (Å²) in [6.07, 6.45) is 4.05. The standard InChI is InChI=1S/C16H19NO2/c1-3-11(4-2)15(18)16(19)13-7-5-6-12-8-9-17-10-14(12)13/h5-11,15,18H,3-4H2,1-2H3. The molecule has 0 radical (unpaired) electrons. The summed E-state index contributed by atoms with van der Waals surface area (Å²) in [7, 11) is 0. The average molecular weight is 257 g/mol. The van der Waals surface area contributed by atoms with Gasteiger partial charge in [0, 0.05) is 23.3 Å². The fourth-order valence-corrected chi connectivity index (χ4v) is 2.44. The van der Waals surface area contributed by atoms with Crippen molar-refractivity contribution in [3.8, 4) is 0 Å². The molecule has 0 bridgehead atoms. The number of Topliss-reactive ketones (excluding diaryl/α,β-unsaturated/α-hetero) is 1. The molecule has 0 amide bonds. The molecule has 1 atom stereocenters. The second kappa shape index (κ2) is 5.93. The number of carbonyl (C=O) groups excluding carboxylic acids is 1. The molecule has 0 fully saturated rings. The summed E-state index contributed by atoms with van der Waals surface area (Å²) in [6, 6.07) is 7.42. The molecule has 0 saturated heterocycles. The van der Waals surface area contributed by atoms with Gasteiger partial charge in [0.25, 0.3) is 0 Å². The molecule has 19 heavy (non-hydrogen) atoms. The van der Waals surface area contributed by atoms with Gasteiger partial charge in [-0.3, -0.25) is 9.78 Å². The van der Waals surface area contributed by atoms with Crippen molar-refractivity contribution < 1.29 is 9.90 Å². The third-order valence-corrected chi connectivity index (χ3v) is 3.71. The van der Waals surface area contributed by atoms with Gasteiger partial charge in [0.1, 0.15) is 6.10 Å². The SMILES string of the molecule is CCC(CC)C(O)C(=O)c1cccc2ccncc12. The molecule has 0 spiro atoms. The molecular formula is C16H19NO2. The van der Waals surface area contributed by atoms with Crippen LogP contribution in [0.2, 0.25) is 0 Å². The maximum atomic E-state index is 12.4. The fraction of sp³-hybridized carbons (Fsp3) is 0.375. The number of benzene rings is 1. The zero-order chi connectivity index (χ0) is 13.8. The first kappa shape index (κ1) is 13.7. The lowest BCUT2D eigenvalue weighted by molar-refractivity contribution is 0.0590. The first-order valence-electron chi connectivity index (χ1n) is 6.74. The number of hydrogen-bond donors (Lipinski definition) is 1. The van der Waals surface area contributed by atoms with E-state index in [1.165, 1.54) is 0 Å². The molecule has 1 heterocycles. The zero-order valence-electron chi connectivity index (χ0n) is 11.3. The molecule has 3 heteroatoms. The average Bonchev–Trinajstić information content (AvgIpc) is 2.47. The summed E-state index contributed by atoms with van der Waals surface area (Å²) in [5.41, 5.74) is 0.560. The second-order valence-electron chi connectivity index (χ2n) is 4.79. The third-order valence-electron chi connectivity index (χ3n) is 3.71. The van der Waals surface area contributed by atoms with Crippen LogP contribution >= 0.6 is 0 Å². The summed E-state index contributed by atoms with van der Waals surface area (Å²) < 4.78 is 0. The molecule has 0 aliphatic carbocycles. The number of pyridine rings is 1. The molecule has 100 valence electrons. The summed E-state index contributed by atoms with van der Waals surface area (Å²) in [6.45, 7) is 3.99. The van der Waals surface area contributed by atoms with Crippen molar-refractivity contribution in [2.45, 2.75) is 32.8 Å². The topological polar surface area (TPSA) is 50.2 Å². The van der Waals surface area contributed by atoms with Crippen molar-refractivity contribution in [1.29, 1.82) is 0 Å². The van der Waals surface area contributed by atoms with E-state index in [2.05, 4.69) is 4.98 Å². The van der Waals surface area contributed by atoms with Gasteiger partial charge >= 0.3 is 0 Å². The number of aromatic nitrogens is 1. The molecule has 1 aromatic carbocycles. The van der Waals surface area contributed by atoms with Crippen molar-refractivity contribution in [3.05, 3.63) is 42.2 Å². The van der Waals surface area contributed by atoms with E-state index in [1.807, 2.05) is 32.0 Å². The van der Waals surface area contributed by atoms with E-state index in [-0.39, 0.29) is 11.7 Å². The number of hydrogen-bond acceptors (Lipinski definition) is 3. The van der Waals surface area contributed by atoms with E-state index in [1.54, 1.807) is 18.5 Å². The van der Waals surface area contributed by atoms with Gasteiger partial charge in [0.2, 0.25) is 0 Å². The van der Waals surface area contributed by atoms with Crippen LogP contribution in [0.15, 0.2) is 36.7 Å². The number of carbonyl (C=O) groups is 1. The van der Waals surface area contributed by atoms with Gasteiger partial charge in [0.05, 0.1) is 0 Å². The highest BCUT2D eigenvalue weighted by atomic mass is 16.3. The van der Waals surface area contributed by atoms with Crippen LogP contribution in [0.5, 0.6) is 0 Å². The molecule has 0 saturated carbocycles. The molecule has 3 nitrogen and oxygen atoms in total. The van der Waals surface area contributed by atoms with E-state index in [9.17, 15) is 9.90 Å². The number of aliphatic hydroxyl groups excluding tert-OH is 1. The molecule has 0 aliphatic heterocycles. The number of fused-ring (bicyclic) bond motifs is 1. The monoisotopic (exact) mass is 257 g/mol. The maximum Gasteiger partial charge on any atom is 0.192 e. The Balaban J connectivity index is 2.41. The van der Waals surface area contributed by atoms with Crippen molar-refractivity contribution in [2.24, 2.45) is 5.92 Å². The summed E-state index contributed by atoms with van der Waals surface area (Å²) in [5, 5.41) is 12.0. The minimum atomic E-state index is -0.930. The largest absolute Gasteiger partial charge is 0.385 e. The molecule has 2 rings (SSSR count). The highest BCUT2D eigenvalue weighted by Gasteiger charge is 2.25.